The van der Waals surface area contributed by atoms with Gasteiger partial charge < -0.3 is 14.8 Å². The standard InChI is InChI=1S/C23H20N2O3/c1-17(27-21-12-10-18(15-24)11-13-21)23(26)25-16-19-6-5-9-22(14-19)28-20-7-3-2-4-8-20/h2-14,17H,16H2,1H3,(H,25,26). The van der Waals surface area contributed by atoms with Gasteiger partial charge in [0.25, 0.3) is 5.91 Å². The van der Waals surface area contributed by atoms with E-state index in [1.165, 1.54) is 0 Å². The first-order valence-corrected chi connectivity index (χ1v) is 8.90. The molecule has 0 saturated heterocycles. The second kappa shape index (κ2) is 9.24. The number of amides is 1. The quantitative estimate of drug-likeness (QED) is 0.666. The summed E-state index contributed by atoms with van der Waals surface area (Å²) in [5.74, 6) is 1.78. The van der Waals surface area contributed by atoms with Gasteiger partial charge in [-0.3, -0.25) is 4.79 Å². The number of nitrogens with one attached hydrogen (secondary N) is 1. The fourth-order valence-electron chi connectivity index (χ4n) is 2.54. The summed E-state index contributed by atoms with van der Waals surface area (Å²) < 4.78 is 11.4. The van der Waals surface area contributed by atoms with Gasteiger partial charge in [-0.15, -0.1) is 0 Å². The van der Waals surface area contributed by atoms with Crippen molar-refractivity contribution >= 4 is 5.91 Å². The van der Waals surface area contributed by atoms with E-state index < -0.39 is 6.10 Å². The molecular weight excluding hydrogens is 352 g/mol. The maximum Gasteiger partial charge on any atom is 0.261 e. The van der Waals surface area contributed by atoms with Gasteiger partial charge in [-0.05, 0) is 61.0 Å². The molecular formula is C23H20N2O3. The van der Waals surface area contributed by atoms with E-state index >= 15 is 0 Å². The van der Waals surface area contributed by atoms with Gasteiger partial charge in [0.15, 0.2) is 6.10 Å². The Balaban J connectivity index is 1.53. The summed E-state index contributed by atoms with van der Waals surface area (Å²) in [6, 6.07) is 25.8. The topological polar surface area (TPSA) is 71.3 Å². The molecule has 3 aromatic carbocycles. The Bertz CT molecular complexity index is 963. The summed E-state index contributed by atoms with van der Waals surface area (Å²) in [5, 5.41) is 11.7. The van der Waals surface area contributed by atoms with E-state index in [9.17, 15) is 4.79 Å². The second-order valence-corrected chi connectivity index (χ2v) is 6.18. The van der Waals surface area contributed by atoms with Gasteiger partial charge in [-0.25, -0.2) is 0 Å². The highest BCUT2D eigenvalue weighted by molar-refractivity contribution is 5.80. The van der Waals surface area contributed by atoms with Crippen molar-refractivity contribution in [3.63, 3.8) is 0 Å². The minimum Gasteiger partial charge on any atom is -0.481 e. The average molecular weight is 372 g/mol. The molecule has 1 N–H and O–H groups in total. The molecule has 0 aliphatic rings. The van der Waals surface area contributed by atoms with E-state index in [-0.39, 0.29) is 5.91 Å². The van der Waals surface area contributed by atoms with Crippen LogP contribution in [0.2, 0.25) is 0 Å². The molecule has 1 amide bonds. The van der Waals surface area contributed by atoms with E-state index in [0.29, 0.717) is 23.6 Å². The van der Waals surface area contributed by atoms with Gasteiger partial charge in [0.05, 0.1) is 11.6 Å². The van der Waals surface area contributed by atoms with Crippen LogP contribution < -0.4 is 14.8 Å². The summed E-state index contributed by atoms with van der Waals surface area (Å²) in [7, 11) is 0. The van der Waals surface area contributed by atoms with Crippen molar-refractivity contribution in [1.29, 1.82) is 5.26 Å². The third-order valence-corrected chi connectivity index (χ3v) is 4.01. The minimum atomic E-state index is -0.656. The Labute approximate surface area is 164 Å². The molecule has 0 spiro atoms. The summed E-state index contributed by atoms with van der Waals surface area (Å²) in [4.78, 5) is 12.3. The van der Waals surface area contributed by atoms with E-state index in [0.717, 1.165) is 11.3 Å². The molecule has 140 valence electrons. The van der Waals surface area contributed by atoms with Crippen molar-refractivity contribution in [2.75, 3.05) is 0 Å². The molecule has 0 bridgehead atoms. The highest BCUT2D eigenvalue weighted by Crippen LogP contribution is 2.21. The molecule has 28 heavy (non-hydrogen) atoms. The molecule has 0 aromatic heterocycles. The Kier molecular flexibility index (Phi) is 6.27. The van der Waals surface area contributed by atoms with Gasteiger partial charge in [0.1, 0.15) is 17.2 Å². The van der Waals surface area contributed by atoms with E-state index in [4.69, 9.17) is 14.7 Å². The first kappa shape index (κ1) is 19.0. The zero-order chi connectivity index (χ0) is 19.8. The average Bonchev–Trinajstić information content (AvgIpc) is 2.73. The summed E-state index contributed by atoms with van der Waals surface area (Å²) in [6.45, 7) is 2.05. The second-order valence-electron chi connectivity index (χ2n) is 6.18. The lowest BCUT2D eigenvalue weighted by Gasteiger charge is -2.15. The molecule has 3 rings (SSSR count). The summed E-state index contributed by atoms with van der Waals surface area (Å²) >= 11 is 0. The van der Waals surface area contributed by atoms with Crippen molar-refractivity contribution in [3.8, 4) is 23.3 Å². The maximum absolute atomic E-state index is 12.3. The number of nitrogens with zero attached hydrogens (tertiary/aromatic N) is 1. The Morgan fingerprint density at radius 2 is 1.68 bits per heavy atom. The van der Waals surface area contributed by atoms with Gasteiger partial charge in [-0.2, -0.15) is 5.26 Å². The third-order valence-electron chi connectivity index (χ3n) is 4.01. The number of rotatable bonds is 7. The van der Waals surface area contributed by atoms with Crippen LogP contribution in [-0.4, -0.2) is 12.0 Å². The van der Waals surface area contributed by atoms with Crippen molar-refractivity contribution in [3.05, 3.63) is 90.0 Å². The lowest BCUT2D eigenvalue weighted by Crippen LogP contribution is -2.35. The molecule has 0 aliphatic heterocycles. The van der Waals surface area contributed by atoms with Crippen LogP contribution in [-0.2, 0) is 11.3 Å². The highest BCUT2D eigenvalue weighted by atomic mass is 16.5. The molecule has 0 heterocycles. The van der Waals surface area contributed by atoms with Crippen LogP contribution in [0.25, 0.3) is 0 Å². The number of hydrogen-bond donors (Lipinski definition) is 1. The molecule has 3 aromatic rings. The Morgan fingerprint density at radius 1 is 0.964 bits per heavy atom. The van der Waals surface area contributed by atoms with Crippen LogP contribution in [0.1, 0.15) is 18.1 Å². The molecule has 1 unspecified atom stereocenters. The Hall–Kier alpha value is -3.78. The van der Waals surface area contributed by atoms with Crippen molar-refractivity contribution in [1.82, 2.24) is 5.32 Å². The van der Waals surface area contributed by atoms with Crippen molar-refractivity contribution < 1.29 is 14.3 Å². The van der Waals surface area contributed by atoms with Crippen LogP contribution >= 0.6 is 0 Å². The van der Waals surface area contributed by atoms with Crippen LogP contribution in [0, 0.1) is 11.3 Å². The Morgan fingerprint density at radius 3 is 2.39 bits per heavy atom. The van der Waals surface area contributed by atoms with Gasteiger partial charge >= 0.3 is 0 Å². The number of carbonyl (C=O) groups excluding carboxylic acids is 1. The SMILES string of the molecule is CC(Oc1ccc(C#N)cc1)C(=O)NCc1cccc(Oc2ccccc2)c1. The summed E-state index contributed by atoms with van der Waals surface area (Å²) in [6.07, 6.45) is -0.656. The molecule has 0 radical (unpaired) electrons. The van der Waals surface area contributed by atoms with Crippen LogP contribution in [0.5, 0.6) is 17.2 Å². The maximum atomic E-state index is 12.3. The molecule has 5 heteroatoms. The number of benzene rings is 3. The smallest absolute Gasteiger partial charge is 0.261 e. The third kappa shape index (κ3) is 5.36. The minimum absolute atomic E-state index is 0.223. The molecule has 0 saturated carbocycles. The van der Waals surface area contributed by atoms with Crippen LogP contribution in [0.3, 0.4) is 0 Å². The number of carbonyl (C=O) groups is 1. The van der Waals surface area contributed by atoms with Crippen LogP contribution in [0.4, 0.5) is 0 Å². The van der Waals surface area contributed by atoms with Crippen LogP contribution in [0.15, 0.2) is 78.9 Å². The van der Waals surface area contributed by atoms with Crippen molar-refractivity contribution in [2.24, 2.45) is 0 Å². The zero-order valence-corrected chi connectivity index (χ0v) is 15.5. The number of ether oxygens (including phenoxy) is 2. The fourth-order valence-corrected chi connectivity index (χ4v) is 2.54. The van der Waals surface area contributed by atoms with Gasteiger partial charge in [0, 0.05) is 6.54 Å². The number of nitriles is 1. The lowest BCUT2D eigenvalue weighted by molar-refractivity contribution is -0.127. The highest BCUT2D eigenvalue weighted by Gasteiger charge is 2.14. The number of hydrogen-bond acceptors (Lipinski definition) is 4. The van der Waals surface area contributed by atoms with E-state index in [1.807, 2.05) is 60.7 Å². The van der Waals surface area contributed by atoms with E-state index in [1.54, 1.807) is 31.2 Å². The first-order chi connectivity index (χ1) is 13.6. The summed E-state index contributed by atoms with van der Waals surface area (Å²) in [5.41, 5.74) is 1.47. The van der Waals surface area contributed by atoms with Gasteiger partial charge in [0.2, 0.25) is 0 Å². The predicted octanol–water partition coefficient (Wildman–Crippen LogP) is 4.43. The molecule has 1 atom stereocenters. The number of para-hydroxylation sites is 1. The fraction of sp³-hybridized carbons (Fsp3) is 0.130. The molecule has 5 nitrogen and oxygen atoms in total. The largest absolute Gasteiger partial charge is 0.481 e. The predicted molar refractivity (Wildman–Crippen MR) is 106 cm³/mol. The zero-order valence-electron chi connectivity index (χ0n) is 15.5. The normalized spacial score (nSPS) is 11.1. The lowest BCUT2D eigenvalue weighted by atomic mass is 10.2. The molecule has 0 aliphatic carbocycles. The van der Waals surface area contributed by atoms with Crippen molar-refractivity contribution in [2.45, 2.75) is 19.6 Å². The first-order valence-electron chi connectivity index (χ1n) is 8.90. The monoisotopic (exact) mass is 372 g/mol. The van der Waals surface area contributed by atoms with E-state index in [2.05, 4.69) is 5.32 Å². The molecule has 0 fully saturated rings. The van der Waals surface area contributed by atoms with Gasteiger partial charge in [-0.1, -0.05) is 30.3 Å².